The Morgan fingerprint density at radius 1 is 1.23 bits per heavy atom. The van der Waals surface area contributed by atoms with Crippen molar-refractivity contribution >= 4 is 23.6 Å². The number of rotatable bonds is 6. The van der Waals surface area contributed by atoms with Gasteiger partial charge in [0.1, 0.15) is 0 Å². The molecule has 1 aromatic carbocycles. The normalized spacial score (nSPS) is 19.5. The lowest BCUT2D eigenvalue weighted by Gasteiger charge is -2.39. The first-order valence-corrected chi connectivity index (χ1v) is 11.3. The van der Waals surface area contributed by atoms with Gasteiger partial charge in [0, 0.05) is 49.2 Å². The number of nitrogens with zero attached hydrogens (tertiary/aromatic N) is 1. The van der Waals surface area contributed by atoms with E-state index in [1.807, 2.05) is 32.0 Å². The van der Waals surface area contributed by atoms with E-state index in [0.29, 0.717) is 58.2 Å². The summed E-state index contributed by atoms with van der Waals surface area (Å²) >= 11 is 6.50. The highest BCUT2D eigenvalue weighted by molar-refractivity contribution is 6.31. The van der Waals surface area contributed by atoms with Crippen LogP contribution in [-0.2, 0) is 19.7 Å². The lowest BCUT2D eigenvalue weighted by molar-refractivity contribution is -0.126. The highest BCUT2D eigenvalue weighted by Crippen LogP contribution is 2.38. The van der Waals surface area contributed by atoms with Crippen LogP contribution in [0.1, 0.15) is 45.1 Å². The number of piperidine rings is 1. The largest absolute Gasteiger partial charge is 0.449 e. The van der Waals surface area contributed by atoms with Gasteiger partial charge < -0.3 is 19.7 Å². The van der Waals surface area contributed by atoms with Crippen LogP contribution in [0, 0.1) is 11.8 Å². The maximum atomic E-state index is 12.9. The SMILES string of the molecule is CC(C)COC(=O)N1CCC(C(=O)NCC2(c3ccccc3Cl)CCOCC2)CC1. The molecule has 0 bridgehead atoms. The third-order valence-corrected chi connectivity index (χ3v) is 6.49. The second-order valence-corrected chi connectivity index (χ2v) is 9.23. The van der Waals surface area contributed by atoms with Crippen molar-refractivity contribution in [2.45, 2.75) is 44.9 Å². The van der Waals surface area contributed by atoms with Crippen LogP contribution in [0.5, 0.6) is 0 Å². The average molecular weight is 437 g/mol. The summed E-state index contributed by atoms with van der Waals surface area (Å²) in [4.78, 5) is 26.7. The maximum Gasteiger partial charge on any atom is 0.409 e. The second kappa shape index (κ2) is 10.5. The lowest BCUT2D eigenvalue weighted by atomic mass is 9.74. The zero-order valence-corrected chi connectivity index (χ0v) is 18.7. The third-order valence-electron chi connectivity index (χ3n) is 6.16. The fourth-order valence-electron chi connectivity index (χ4n) is 4.25. The van der Waals surface area contributed by atoms with Crippen LogP contribution >= 0.6 is 11.6 Å². The van der Waals surface area contributed by atoms with Crippen molar-refractivity contribution in [1.29, 1.82) is 0 Å². The molecule has 2 saturated heterocycles. The Balaban J connectivity index is 1.54. The number of ether oxygens (including phenoxy) is 2. The third kappa shape index (κ3) is 5.67. The highest BCUT2D eigenvalue weighted by Gasteiger charge is 2.37. The summed E-state index contributed by atoms with van der Waals surface area (Å²) in [7, 11) is 0. The number of amides is 2. The van der Waals surface area contributed by atoms with Gasteiger partial charge >= 0.3 is 6.09 Å². The minimum atomic E-state index is -0.276. The predicted molar refractivity (Wildman–Crippen MR) is 117 cm³/mol. The summed E-state index contributed by atoms with van der Waals surface area (Å²) in [6, 6.07) is 7.89. The molecule has 2 aliphatic heterocycles. The van der Waals surface area contributed by atoms with E-state index in [0.717, 1.165) is 23.4 Å². The molecule has 3 rings (SSSR count). The van der Waals surface area contributed by atoms with E-state index in [4.69, 9.17) is 21.1 Å². The van der Waals surface area contributed by atoms with Gasteiger partial charge in [0.25, 0.3) is 0 Å². The predicted octanol–water partition coefficient (Wildman–Crippen LogP) is 4.01. The number of nitrogens with one attached hydrogen (secondary N) is 1. The Morgan fingerprint density at radius 3 is 2.53 bits per heavy atom. The molecular formula is C23H33ClN2O4. The summed E-state index contributed by atoms with van der Waals surface area (Å²) in [6.45, 7) is 7.44. The Kier molecular flexibility index (Phi) is 8.00. The lowest BCUT2D eigenvalue weighted by Crippen LogP contribution is -2.48. The molecule has 0 atom stereocenters. The van der Waals surface area contributed by atoms with Crippen LogP contribution in [0.2, 0.25) is 5.02 Å². The summed E-state index contributed by atoms with van der Waals surface area (Å²) in [5, 5.41) is 3.92. The van der Waals surface area contributed by atoms with Crippen LogP contribution in [0.3, 0.4) is 0 Å². The number of hydrogen-bond donors (Lipinski definition) is 1. The Labute approximate surface area is 184 Å². The standard InChI is InChI=1S/C23H33ClN2O4/c1-17(2)15-30-22(28)26-11-7-18(8-12-26)21(27)25-16-23(9-13-29-14-10-23)19-5-3-4-6-20(19)24/h3-6,17-18H,7-16H2,1-2H3,(H,25,27). The molecule has 30 heavy (non-hydrogen) atoms. The minimum Gasteiger partial charge on any atom is -0.449 e. The summed E-state index contributed by atoms with van der Waals surface area (Å²) in [5.74, 6) is 0.290. The molecule has 0 aliphatic carbocycles. The Bertz CT molecular complexity index is 726. The van der Waals surface area contributed by atoms with Gasteiger partial charge in [-0.1, -0.05) is 43.6 Å². The first-order chi connectivity index (χ1) is 14.4. The van der Waals surface area contributed by atoms with Crippen molar-refractivity contribution in [3.05, 3.63) is 34.9 Å². The number of hydrogen-bond acceptors (Lipinski definition) is 4. The molecule has 7 heteroatoms. The van der Waals surface area contributed by atoms with E-state index in [2.05, 4.69) is 11.4 Å². The monoisotopic (exact) mass is 436 g/mol. The first-order valence-electron chi connectivity index (χ1n) is 10.9. The quantitative estimate of drug-likeness (QED) is 0.731. The molecule has 2 fully saturated rings. The van der Waals surface area contributed by atoms with Crippen LogP contribution in [0.4, 0.5) is 4.79 Å². The van der Waals surface area contributed by atoms with Crippen LogP contribution in [0.15, 0.2) is 24.3 Å². The van der Waals surface area contributed by atoms with Gasteiger partial charge in [0.2, 0.25) is 5.91 Å². The van der Waals surface area contributed by atoms with Gasteiger partial charge in [-0.15, -0.1) is 0 Å². The molecule has 0 spiro atoms. The molecule has 0 aromatic heterocycles. The van der Waals surface area contributed by atoms with Crippen LogP contribution in [-0.4, -0.2) is 56.4 Å². The number of halogens is 1. The van der Waals surface area contributed by atoms with Gasteiger partial charge in [-0.25, -0.2) is 4.79 Å². The van der Waals surface area contributed by atoms with E-state index >= 15 is 0 Å². The van der Waals surface area contributed by atoms with Crippen molar-refractivity contribution in [3.63, 3.8) is 0 Å². The molecule has 2 aliphatic rings. The summed E-state index contributed by atoms with van der Waals surface area (Å²) < 4.78 is 10.9. The average Bonchev–Trinajstić information content (AvgIpc) is 2.77. The zero-order valence-electron chi connectivity index (χ0n) is 18.0. The van der Waals surface area contributed by atoms with Gasteiger partial charge in [-0.2, -0.15) is 0 Å². The van der Waals surface area contributed by atoms with E-state index in [-0.39, 0.29) is 23.3 Å². The van der Waals surface area contributed by atoms with Gasteiger partial charge in [-0.3, -0.25) is 4.79 Å². The van der Waals surface area contributed by atoms with E-state index in [9.17, 15) is 9.59 Å². The number of carbonyl (C=O) groups is 2. The van der Waals surface area contributed by atoms with Crippen molar-refractivity contribution in [2.24, 2.45) is 11.8 Å². The number of benzene rings is 1. The fourth-order valence-corrected chi connectivity index (χ4v) is 4.59. The van der Waals surface area contributed by atoms with Crippen molar-refractivity contribution in [2.75, 3.05) is 39.5 Å². The molecule has 2 heterocycles. The highest BCUT2D eigenvalue weighted by atomic mass is 35.5. The van der Waals surface area contributed by atoms with Gasteiger partial charge in [0.15, 0.2) is 0 Å². The Hall–Kier alpha value is -1.79. The van der Waals surface area contributed by atoms with Gasteiger partial charge in [0.05, 0.1) is 6.61 Å². The van der Waals surface area contributed by atoms with Crippen molar-refractivity contribution in [3.8, 4) is 0 Å². The van der Waals surface area contributed by atoms with Gasteiger partial charge in [-0.05, 0) is 43.2 Å². The zero-order chi connectivity index (χ0) is 21.6. The molecule has 0 unspecified atom stereocenters. The topological polar surface area (TPSA) is 67.9 Å². The van der Waals surface area contributed by atoms with Crippen LogP contribution in [0.25, 0.3) is 0 Å². The number of carbonyl (C=O) groups excluding carboxylic acids is 2. The smallest absolute Gasteiger partial charge is 0.409 e. The van der Waals surface area contributed by atoms with Crippen LogP contribution < -0.4 is 5.32 Å². The Morgan fingerprint density at radius 2 is 1.90 bits per heavy atom. The van der Waals surface area contributed by atoms with E-state index in [1.54, 1.807) is 4.90 Å². The minimum absolute atomic E-state index is 0.0584. The molecule has 1 N–H and O–H groups in total. The number of likely N-dealkylation sites (tertiary alicyclic amines) is 1. The summed E-state index contributed by atoms with van der Waals surface area (Å²) in [5.41, 5.74) is 0.881. The van der Waals surface area contributed by atoms with Crippen molar-refractivity contribution < 1.29 is 19.1 Å². The second-order valence-electron chi connectivity index (χ2n) is 8.82. The molecule has 0 saturated carbocycles. The van der Waals surface area contributed by atoms with E-state index in [1.165, 1.54) is 0 Å². The molecule has 1 aromatic rings. The molecule has 6 nitrogen and oxygen atoms in total. The first kappa shape index (κ1) is 22.9. The fraction of sp³-hybridized carbons (Fsp3) is 0.652. The summed E-state index contributed by atoms with van der Waals surface area (Å²) in [6.07, 6.45) is 2.70. The maximum absolute atomic E-state index is 12.9. The molecule has 166 valence electrons. The van der Waals surface area contributed by atoms with Crippen molar-refractivity contribution in [1.82, 2.24) is 10.2 Å². The molecular weight excluding hydrogens is 404 g/mol. The molecule has 2 amide bonds. The van der Waals surface area contributed by atoms with E-state index < -0.39 is 0 Å². The molecule has 0 radical (unpaired) electrons.